The van der Waals surface area contributed by atoms with E-state index in [1.54, 1.807) is 6.20 Å². The monoisotopic (exact) mass is 473 g/mol. The summed E-state index contributed by atoms with van der Waals surface area (Å²) in [7, 11) is -1.25. The van der Waals surface area contributed by atoms with Crippen LogP contribution in [0.5, 0.6) is 0 Å². The van der Waals surface area contributed by atoms with Gasteiger partial charge in [-0.05, 0) is 58.0 Å². The number of primary amides is 1. The quantitative estimate of drug-likeness (QED) is 0.229. The van der Waals surface area contributed by atoms with Crippen LogP contribution in [0.15, 0.2) is 42.6 Å². The van der Waals surface area contributed by atoms with Crippen molar-refractivity contribution in [2.45, 2.75) is 45.5 Å². The van der Waals surface area contributed by atoms with Gasteiger partial charge in [0.15, 0.2) is 0 Å². The summed E-state index contributed by atoms with van der Waals surface area (Å²) in [6.45, 7) is 9.22. The molecule has 0 bridgehead atoms. The number of benzene rings is 2. The highest BCUT2D eigenvalue weighted by Gasteiger charge is 2.28. The fraction of sp³-hybridized carbons (Fsp3) is 0.296. The molecule has 2 aromatic carbocycles. The average molecular weight is 474 g/mol. The molecule has 0 unspecified atom stereocenters. The average Bonchev–Trinajstić information content (AvgIpc) is 3.12. The van der Waals surface area contributed by atoms with Gasteiger partial charge in [-0.1, -0.05) is 50.0 Å². The number of nitrogens with two attached hydrogens (primary N) is 2. The number of aromatic nitrogens is 1. The molecule has 4 N–H and O–H groups in total. The molecule has 7 heteroatoms. The molecule has 1 heterocycles. The molecule has 0 spiro atoms. The van der Waals surface area contributed by atoms with Gasteiger partial charge in [0.2, 0.25) is 0 Å². The van der Waals surface area contributed by atoms with Gasteiger partial charge in [0.1, 0.15) is 5.69 Å². The van der Waals surface area contributed by atoms with Gasteiger partial charge in [0.05, 0.1) is 13.0 Å². The number of esters is 1. The Morgan fingerprint density at radius 1 is 1.09 bits per heavy atom. The Labute approximate surface area is 201 Å². The Hall–Kier alpha value is -3.45. The smallest absolute Gasteiger partial charge is 0.310 e. The SMILES string of the molecule is Cc1c(N)cccc1-c1cnc(C(N)=O)c2c1-c1ccc(CC(=O)OCC[Si](C)(C)C)cc1C2. The number of carbonyl (C=O) groups is 2. The van der Waals surface area contributed by atoms with Gasteiger partial charge in [0, 0.05) is 31.9 Å². The molecule has 0 atom stereocenters. The van der Waals surface area contributed by atoms with Crippen LogP contribution < -0.4 is 11.5 Å². The maximum absolute atomic E-state index is 12.4. The molecule has 0 saturated heterocycles. The van der Waals surface area contributed by atoms with E-state index < -0.39 is 14.0 Å². The number of hydrogen-bond acceptors (Lipinski definition) is 5. The Morgan fingerprint density at radius 2 is 1.85 bits per heavy atom. The zero-order valence-corrected chi connectivity index (χ0v) is 21.2. The maximum Gasteiger partial charge on any atom is 0.310 e. The van der Waals surface area contributed by atoms with E-state index in [1.165, 1.54) is 0 Å². The van der Waals surface area contributed by atoms with Crippen molar-refractivity contribution in [2.75, 3.05) is 12.3 Å². The lowest BCUT2D eigenvalue weighted by atomic mass is 9.91. The van der Waals surface area contributed by atoms with Crippen molar-refractivity contribution in [1.82, 2.24) is 4.98 Å². The molecule has 0 fully saturated rings. The van der Waals surface area contributed by atoms with Crippen molar-refractivity contribution >= 4 is 25.6 Å². The summed E-state index contributed by atoms with van der Waals surface area (Å²) < 4.78 is 5.47. The molecule has 3 aromatic rings. The van der Waals surface area contributed by atoms with Gasteiger partial charge >= 0.3 is 5.97 Å². The van der Waals surface area contributed by atoms with Crippen LogP contribution in [0.3, 0.4) is 0 Å². The first-order valence-electron chi connectivity index (χ1n) is 11.5. The Kier molecular flexibility index (Phi) is 6.32. The van der Waals surface area contributed by atoms with Crippen molar-refractivity contribution in [2.24, 2.45) is 5.73 Å². The molecule has 6 nitrogen and oxygen atoms in total. The first-order chi connectivity index (χ1) is 16.0. The van der Waals surface area contributed by atoms with Crippen LogP contribution in [0, 0.1) is 6.92 Å². The molecule has 0 aliphatic heterocycles. The normalized spacial score (nSPS) is 12.2. The molecule has 176 valence electrons. The van der Waals surface area contributed by atoms with Gasteiger partial charge in [0.25, 0.3) is 5.91 Å². The van der Waals surface area contributed by atoms with Gasteiger partial charge in [-0.25, -0.2) is 0 Å². The lowest BCUT2D eigenvalue weighted by Gasteiger charge is -2.15. The van der Waals surface area contributed by atoms with Crippen molar-refractivity contribution in [3.05, 3.63) is 70.5 Å². The Morgan fingerprint density at radius 3 is 2.56 bits per heavy atom. The lowest BCUT2D eigenvalue weighted by molar-refractivity contribution is -0.142. The van der Waals surface area contributed by atoms with Crippen LogP contribution in [0.25, 0.3) is 22.3 Å². The predicted molar refractivity (Wildman–Crippen MR) is 138 cm³/mol. The standard InChI is InChI=1S/C27H31N3O3Si/c1-16-19(6-5-7-23(16)28)22-15-30-26(27(29)32)21-14-18-12-17(8-9-20(18)25(21)22)13-24(31)33-10-11-34(2,3)4/h5-9,12,15H,10-11,13-14,28H2,1-4H3,(H2,29,32). The van der Waals surface area contributed by atoms with E-state index in [4.69, 9.17) is 16.2 Å². The highest BCUT2D eigenvalue weighted by Crippen LogP contribution is 2.45. The second-order valence-electron chi connectivity index (χ2n) is 10.1. The summed E-state index contributed by atoms with van der Waals surface area (Å²) in [4.78, 5) is 28.9. The molecule has 4 rings (SSSR count). The summed E-state index contributed by atoms with van der Waals surface area (Å²) in [5.41, 5.74) is 20.4. The summed E-state index contributed by atoms with van der Waals surface area (Å²) in [5, 5.41) is 0. The van der Waals surface area contributed by atoms with Crippen LogP contribution in [0.2, 0.25) is 25.7 Å². The molecule has 1 aliphatic rings. The number of ether oxygens (including phenoxy) is 1. The van der Waals surface area contributed by atoms with E-state index in [1.807, 2.05) is 43.3 Å². The summed E-state index contributed by atoms with van der Waals surface area (Å²) in [6, 6.07) is 12.7. The van der Waals surface area contributed by atoms with Gasteiger partial charge in [-0.3, -0.25) is 14.6 Å². The van der Waals surface area contributed by atoms with E-state index in [0.717, 1.165) is 50.6 Å². The van der Waals surface area contributed by atoms with Crippen LogP contribution in [-0.4, -0.2) is 31.5 Å². The zero-order chi connectivity index (χ0) is 24.6. The molecule has 34 heavy (non-hydrogen) atoms. The van der Waals surface area contributed by atoms with Crippen LogP contribution in [0.4, 0.5) is 5.69 Å². The minimum Gasteiger partial charge on any atom is -0.466 e. The second-order valence-corrected chi connectivity index (χ2v) is 15.8. The van der Waals surface area contributed by atoms with Gasteiger partial charge in [-0.2, -0.15) is 0 Å². The van der Waals surface area contributed by atoms with Crippen LogP contribution in [0.1, 0.15) is 32.7 Å². The molecule has 1 aliphatic carbocycles. The number of nitrogens with zero attached hydrogens (tertiary/aromatic N) is 1. The number of rotatable bonds is 7. The first-order valence-corrected chi connectivity index (χ1v) is 15.2. The number of carbonyl (C=O) groups excluding carboxylic acids is 2. The predicted octanol–water partition coefficient (Wildman–Crippen LogP) is 4.73. The molecule has 1 amide bonds. The minimum atomic E-state index is -1.25. The zero-order valence-electron chi connectivity index (χ0n) is 20.2. The van der Waals surface area contributed by atoms with Crippen LogP contribution >= 0.6 is 0 Å². The number of pyridine rings is 1. The third-order valence-electron chi connectivity index (χ3n) is 6.35. The van der Waals surface area contributed by atoms with E-state index in [2.05, 4.69) is 24.6 Å². The first kappa shape index (κ1) is 23.7. The number of fused-ring (bicyclic) bond motifs is 3. The topological polar surface area (TPSA) is 108 Å². The lowest BCUT2D eigenvalue weighted by Crippen LogP contribution is -2.23. The van der Waals surface area contributed by atoms with E-state index in [9.17, 15) is 9.59 Å². The van der Waals surface area contributed by atoms with Gasteiger partial charge in [-0.15, -0.1) is 0 Å². The molecule has 0 radical (unpaired) electrons. The van der Waals surface area contributed by atoms with E-state index in [-0.39, 0.29) is 18.1 Å². The summed E-state index contributed by atoms with van der Waals surface area (Å²) in [5.74, 6) is -0.768. The second kappa shape index (κ2) is 9.06. The summed E-state index contributed by atoms with van der Waals surface area (Å²) in [6.07, 6.45) is 2.46. The van der Waals surface area contributed by atoms with Gasteiger partial charge < -0.3 is 16.2 Å². The highest BCUT2D eigenvalue weighted by atomic mass is 28.3. The number of nitrogen functional groups attached to an aromatic ring is 1. The van der Waals surface area contributed by atoms with Crippen molar-refractivity contribution in [3.8, 4) is 22.3 Å². The number of amides is 1. The fourth-order valence-electron chi connectivity index (χ4n) is 4.42. The largest absolute Gasteiger partial charge is 0.466 e. The molecule has 1 aromatic heterocycles. The van der Waals surface area contributed by atoms with E-state index in [0.29, 0.717) is 18.7 Å². The van der Waals surface area contributed by atoms with Crippen LogP contribution in [-0.2, 0) is 22.4 Å². The third-order valence-corrected chi connectivity index (χ3v) is 8.05. The summed E-state index contributed by atoms with van der Waals surface area (Å²) >= 11 is 0. The Balaban J connectivity index is 1.68. The van der Waals surface area contributed by atoms with E-state index >= 15 is 0 Å². The van der Waals surface area contributed by atoms with Crippen molar-refractivity contribution < 1.29 is 14.3 Å². The maximum atomic E-state index is 12.4. The molecule has 0 saturated carbocycles. The molecular formula is C27H31N3O3Si. The third kappa shape index (κ3) is 4.75. The highest BCUT2D eigenvalue weighted by molar-refractivity contribution is 6.76. The fourth-order valence-corrected chi connectivity index (χ4v) is 5.13. The van der Waals surface area contributed by atoms with Crippen molar-refractivity contribution in [1.29, 1.82) is 0 Å². The van der Waals surface area contributed by atoms with Crippen molar-refractivity contribution in [3.63, 3.8) is 0 Å². The molecular weight excluding hydrogens is 442 g/mol. The number of anilines is 1. The number of hydrogen-bond donors (Lipinski definition) is 2. The Bertz CT molecular complexity index is 1300. The minimum absolute atomic E-state index is 0.218.